The Labute approximate surface area is 157 Å². The van der Waals surface area contributed by atoms with Gasteiger partial charge in [-0.3, -0.25) is 0 Å². The van der Waals surface area contributed by atoms with Gasteiger partial charge in [-0.05, 0) is 36.5 Å². The fourth-order valence-electron chi connectivity index (χ4n) is 3.81. The van der Waals surface area contributed by atoms with Crippen molar-refractivity contribution in [2.24, 2.45) is 0 Å². The third kappa shape index (κ3) is 11.3. The maximum atomic E-state index is 6.03. The molecule has 0 saturated heterocycles. The molecule has 1 heteroatoms. The molecule has 1 aromatic rings. The van der Waals surface area contributed by atoms with Crippen LogP contribution in [0.15, 0.2) is 24.3 Å². The van der Waals surface area contributed by atoms with E-state index >= 15 is 0 Å². The Hall–Kier alpha value is -0.980. The smallest absolute Gasteiger partial charge is 0.0316 e. The summed E-state index contributed by atoms with van der Waals surface area (Å²) in [5, 5.41) is 0. The predicted octanol–water partition coefficient (Wildman–Crippen LogP) is 8.24. The van der Waals surface area contributed by atoms with Gasteiger partial charge in [0.25, 0.3) is 0 Å². The Balaban J connectivity index is 2.33. The molecule has 0 heterocycles. The molecule has 1 rings (SSSR count). The lowest BCUT2D eigenvalue weighted by atomic mass is 9.88. The van der Waals surface area contributed by atoms with E-state index in [-0.39, 0.29) is 0 Å². The Morgan fingerprint density at radius 1 is 0.680 bits per heavy atom. The van der Waals surface area contributed by atoms with Crippen LogP contribution in [0.3, 0.4) is 0 Å². The van der Waals surface area contributed by atoms with Gasteiger partial charge in [-0.2, -0.15) is 0 Å². The van der Waals surface area contributed by atoms with Crippen molar-refractivity contribution in [1.29, 1.82) is 0 Å². The Kier molecular flexibility index (Phi) is 13.5. The first-order valence-corrected chi connectivity index (χ1v) is 11.1. The van der Waals surface area contributed by atoms with Gasteiger partial charge >= 0.3 is 0 Å². The van der Waals surface area contributed by atoms with Crippen LogP contribution in [-0.2, 0) is 0 Å². The third-order valence-electron chi connectivity index (χ3n) is 5.44. The van der Waals surface area contributed by atoms with Crippen LogP contribution in [0, 0.1) is 0 Å². The highest BCUT2D eigenvalue weighted by Gasteiger charge is 2.11. The summed E-state index contributed by atoms with van der Waals surface area (Å²) in [6, 6.07) is 8.64. The second-order valence-electron chi connectivity index (χ2n) is 7.83. The molecule has 1 nitrogen and oxygen atoms in total. The van der Waals surface area contributed by atoms with Crippen LogP contribution >= 0.6 is 0 Å². The molecule has 0 aliphatic carbocycles. The average Bonchev–Trinajstić information content (AvgIpc) is 2.62. The van der Waals surface area contributed by atoms with Gasteiger partial charge in [0.15, 0.2) is 0 Å². The lowest BCUT2D eigenvalue weighted by molar-refractivity contribution is 0.485. The Bertz CT molecular complexity index is 412. The van der Waals surface area contributed by atoms with Crippen LogP contribution < -0.4 is 5.73 Å². The summed E-state index contributed by atoms with van der Waals surface area (Å²) in [6.45, 7) is 4.58. The zero-order valence-corrected chi connectivity index (χ0v) is 17.1. The number of anilines is 1. The largest absolute Gasteiger partial charge is 0.399 e. The zero-order chi connectivity index (χ0) is 18.2. The van der Waals surface area contributed by atoms with Crippen molar-refractivity contribution in [3.8, 4) is 0 Å². The molecule has 1 unspecified atom stereocenters. The van der Waals surface area contributed by atoms with E-state index in [1.54, 1.807) is 0 Å². The van der Waals surface area contributed by atoms with Crippen molar-refractivity contribution >= 4 is 5.69 Å². The molecule has 2 N–H and O–H groups in total. The first kappa shape index (κ1) is 22.1. The molecular weight excluding hydrogens is 302 g/mol. The molecular formula is C24H43N. The van der Waals surface area contributed by atoms with Gasteiger partial charge < -0.3 is 5.73 Å². The first-order valence-electron chi connectivity index (χ1n) is 11.1. The maximum Gasteiger partial charge on any atom is 0.0316 e. The highest BCUT2D eigenvalue weighted by molar-refractivity contribution is 5.41. The van der Waals surface area contributed by atoms with Crippen LogP contribution in [0.1, 0.15) is 122 Å². The van der Waals surface area contributed by atoms with Gasteiger partial charge in [0.05, 0.1) is 0 Å². The summed E-state index contributed by atoms with van der Waals surface area (Å²) in [6.07, 6.45) is 20.8. The summed E-state index contributed by atoms with van der Waals surface area (Å²) >= 11 is 0. The standard InChI is InChI=1S/C24H43N/c1-3-5-7-9-11-13-15-18-22(17-14-12-10-8-6-4-2)23-19-16-20-24(25)21-23/h16,19-22H,3-15,17-18,25H2,1-2H3. The number of hydrogen-bond donors (Lipinski definition) is 1. The van der Waals surface area contributed by atoms with Gasteiger partial charge in [-0.1, -0.05) is 109 Å². The molecule has 0 amide bonds. The molecule has 0 aromatic heterocycles. The molecule has 1 aromatic carbocycles. The molecule has 25 heavy (non-hydrogen) atoms. The number of rotatable bonds is 16. The van der Waals surface area contributed by atoms with Crippen LogP contribution in [-0.4, -0.2) is 0 Å². The highest BCUT2D eigenvalue weighted by Crippen LogP contribution is 2.29. The molecule has 0 bridgehead atoms. The van der Waals surface area contributed by atoms with Crippen LogP contribution in [0.5, 0.6) is 0 Å². The lowest BCUT2D eigenvalue weighted by Crippen LogP contribution is -2.01. The Morgan fingerprint density at radius 2 is 1.16 bits per heavy atom. The molecule has 0 aliphatic heterocycles. The quantitative estimate of drug-likeness (QED) is 0.237. The van der Waals surface area contributed by atoms with Gasteiger partial charge in [0, 0.05) is 5.69 Å². The molecule has 0 saturated carbocycles. The van der Waals surface area contributed by atoms with Crippen LogP contribution in [0.2, 0.25) is 0 Å². The van der Waals surface area contributed by atoms with E-state index in [0.717, 1.165) is 5.69 Å². The fraction of sp³-hybridized carbons (Fsp3) is 0.750. The van der Waals surface area contributed by atoms with Crippen molar-refractivity contribution in [1.82, 2.24) is 0 Å². The molecule has 0 fully saturated rings. The van der Waals surface area contributed by atoms with E-state index in [1.807, 2.05) is 6.07 Å². The summed E-state index contributed by atoms with van der Waals surface area (Å²) < 4.78 is 0. The van der Waals surface area contributed by atoms with Gasteiger partial charge in [-0.15, -0.1) is 0 Å². The van der Waals surface area contributed by atoms with E-state index in [0.29, 0.717) is 5.92 Å². The summed E-state index contributed by atoms with van der Waals surface area (Å²) in [5.74, 6) is 0.713. The topological polar surface area (TPSA) is 26.0 Å². The van der Waals surface area contributed by atoms with Crippen molar-refractivity contribution in [2.45, 2.75) is 116 Å². The second kappa shape index (κ2) is 15.3. The van der Waals surface area contributed by atoms with E-state index in [9.17, 15) is 0 Å². The predicted molar refractivity (Wildman–Crippen MR) is 114 cm³/mol. The number of benzene rings is 1. The number of hydrogen-bond acceptors (Lipinski definition) is 1. The second-order valence-corrected chi connectivity index (χ2v) is 7.83. The van der Waals surface area contributed by atoms with Gasteiger partial charge in [0.1, 0.15) is 0 Å². The number of nitrogen functional groups attached to an aromatic ring is 1. The van der Waals surface area contributed by atoms with Crippen molar-refractivity contribution < 1.29 is 0 Å². The first-order chi connectivity index (χ1) is 12.3. The average molecular weight is 346 g/mol. The molecule has 144 valence electrons. The fourth-order valence-corrected chi connectivity index (χ4v) is 3.81. The van der Waals surface area contributed by atoms with E-state index in [2.05, 4.69) is 32.0 Å². The molecule has 1 atom stereocenters. The van der Waals surface area contributed by atoms with Gasteiger partial charge in [-0.25, -0.2) is 0 Å². The zero-order valence-electron chi connectivity index (χ0n) is 17.1. The Morgan fingerprint density at radius 3 is 1.64 bits per heavy atom. The van der Waals surface area contributed by atoms with Crippen molar-refractivity contribution in [2.75, 3.05) is 5.73 Å². The van der Waals surface area contributed by atoms with E-state index in [1.165, 1.54) is 102 Å². The summed E-state index contributed by atoms with van der Waals surface area (Å²) in [4.78, 5) is 0. The summed E-state index contributed by atoms with van der Waals surface area (Å²) in [7, 11) is 0. The normalized spacial score (nSPS) is 12.4. The minimum Gasteiger partial charge on any atom is -0.399 e. The molecule has 0 spiro atoms. The van der Waals surface area contributed by atoms with Crippen LogP contribution in [0.25, 0.3) is 0 Å². The van der Waals surface area contributed by atoms with E-state index in [4.69, 9.17) is 5.73 Å². The van der Waals surface area contributed by atoms with E-state index < -0.39 is 0 Å². The minimum atomic E-state index is 0.713. The minimum absolute atomic E-state index is 0.713. The summed E-state index contributed by atoms with van der Waals surface area (Å²) in [5.41, 5.74) is 8.42. The number of unbranched alkanes of at least 4 members (excludes halogenated alkanes) is 11. The molecule has 0 aliphatic rings. The van der Waals surface area contributed by atoms with Crippen LogP contribution in [0.4, 0.5) is 5.69 Å². The molecule has 0 radical (unpaired) electrons. The third-order valence-corrected chi connectivity index (χ3v) is 5.44. The maximum absolute atomic E-state index is 6.03. The van der Waals surface area contributed by atoms with Gasteiger partial charge in [0.2, 0.25) is 0 Å². The lowest BCUT2D eigenvalue weighted by Gasteiger charge is -2.18. The van der Waals surface area contributed by atoms with Crippen molar-refractivity contribution in [3.05, 3.63) is 29.8 Å². The number of nitrogens with two attached hydrogens (primary N) is 1. The van der Waals surface area contributed by atoms with Crippen molar-refractivity contribution in [3.63, 3.8) is 0 Å². The SMILES string of the molecule is CCCCCCCCCC(CCCCCCCC)c1cccc(N)c1. The highest BCUT2D eigenvalue weighted by atomic mass is 14.5. The monoisotopic (exact) mass is 345 g/mol.